The molecule has 0 spiro atoms. The number of aliphatic hydroxyl groups is 5. The van der Waals surface area contributed by atoms with Crippen molar-refractivity contribution in [2.75, 3.05) is 13.2 Å². The number of rotatable bonds is 44. The minimum atomic E-state index is -5.11. The van der Waals surface area contributed by atoms with Gasteiger partial charge in [0, 0.05) is 12.8 Å². The standard InChI is InChI=1S/C49H95O13P/c1-3-5-7-9-11-13-15-17-19-21-23-25-27-29-31-33-35-37-42(50)59-39-41(40-60-63(57,58)62-49-47(55)45(53)44(52)46(54)48(49)56)61-43(51)38-36-34-32-30-28-26-24-22-20-18-16-14-12-10-8-6-4-2/h41,44-49,52-56H,3-40H2,1-2H3,(H,57,58)/t41-,44?,45-,46?,47?,48?,49?/m1/s1. The van der Waals surface area contributed by atoms with Crippen LogP contribution < -0.4 is 0 Å². The van der Waals surface area contributed by atoms with E-state index in [1.54, 1.807) is 0 Å². The Hall–Kier alpha value is -1.15. The first-order valence-corrected chi connectivity index (χ1v) is 27.3. The Labute approximate surface area is 382 Å². The SMILES string of the molecule is CCCCCCCCCCCCCCCCCCCC(=O)OC[C@H](COP(=O)(O)OC1C(O)C(O)C(O)[C@@H](O)C1O)OC(=O)CCCCCCCCCCCCCCCCCCC. The Kier molecular flexibility index (Phi) is 38.0. The number of phosphoric acid groups is 1. The van der Waals surface area contributed by atoms with E-state index in [-0.39, 0.29) is 12.8 Å². The molecule has 0 aromatic carbocycles. The first-order chi connectivity index (χ1) is 30.4. The summed E-state index contributed by atoms with van der Waals surface area (Å²) in [7, 11) is -5.11. The summed E-state index contributed by atoms with van der Waals surface area (Å²) in [5, 5.41) is 50.2. The predicted molar refractivity (Wildman–Crippen MR) is 249 cm³/mol. The van der Waals surface area contributed by atoms with Crippen LogP contribution in [0.3, 0.4) is 0 Å². The fourth-order valence-electron chi connectivity index (χ4n) is 8.29. The third kappa shape index (κ3) is 32.2. The Morgan fingerprint density at radius 3 is 1.05 bits per heavy atom. The lowest BCUT2D eigenvalue weighted by Gasteiger charge is -2.41. The lowest BCUT2D eigenvalue weighted by Crippen LogP contribution is -2.64. The zero-order valence-corrected chi connectivity index (χ0v) is 40.8. The molecule has 0 saturated heterocycles. The molecule has 6 N–H and O–H groups in total. The number of hydrogen-bond donors (Lipinski definition) is 6. The molecule has 13 nitrogen and oxygen atoms in total. The molecule has 1 aliphatic carbocycles. The topological polar surface area (TPSA) is 210 Å². The molecule has 14 heteroatoms. The maximum absolute atomic E-state index is 12.8. The number of hydrogen-bond acceptors (Lipinski definition) is 12. The van der Waals surface area contributed by atoms with Crippen molar-refractivity contribution in [2.24, 2.45) is 0 Å². The van der Waals surface area contributed by atoms with Gasteiger partial charge in [-0.1, -0.05) is 219 Å². The van der Waals surface area contributed by atoms with Gasteiger partial charge >= 0.3 is 19.8 Å². The normalized spacial score (nSPS) is 21.6. The van der Waals surface area contributed by atoms with E-state index >= 15 is 0 Å². The van der Waals surface area contributed by atoms with Gasteiger partial charge in [0.15, 0.2) is 6.10 Å². The highest BCUT2D eigenvalue weighted by Crippen LogP contribution is 2.47. The third-order valence-electron chi connectivity index (χ3n) is 12.4. The van der Waals surface area contributed by atoms with Crippen molar-refractivity contribution < 1.29 is 63.1 Å². The summed E-state index contributed by atoms with van der Waals surface area (Å²) in [4.78, 5) is 35.8. The highest BCUT2D eigenvalue weighted by molar-refractivity contribution is 7.47. The maximum Gasteiger partial charge on any atom is 0.472 e. The molecule has 0 aromatic heterocycles. The summed E-state index contributed by atoms with van der Waals surface area (Å²) in [5.74, 6) is -1.08. The third-order valence-corrected chi connectivity index (χ3v) is 13.4. The van der Waals surface area contributed by atoms with Gasteiger partial charge in [0.2, 0.25) is 0 Å². The van der Waals surface area contributed by atoms with Crippen LogP contribution in [-0.2, 0) is 32.7 Å². The van der Waals surface area contributed by atoms with E-state index in [4.69, 9.17) is 18.5 Å². The molecule has 1 aliphatic rings. The smallest absolute Gasteiger partial charge is 0.462 e. The van der Waals surface area contributed by atoms with Crippen molar-refractivity contribution in [1.29, 1.82) is 0 Å². The molecule has 374 valence electrons. The Bertz CT molecular complexity index is 1110. The van der Waals surface area contributed by atoms with Crippen molar-refractivity contribution in [1.82, 2.24) is 0 Å². The van der Waals surface area contributed by atoms with Crippen molar-refractivity contribution in [3.05, 3.63) is 0 Å². The minimum Gasteiger partial charge on any atom is -0.462 e. The van der Waals surface area contributed by atoms with Gasteiger partial charge in [-0.25, -0.2) is 4.57 Å². The van der Waals surface area contributed by atoms with Crippen LogP contribution in [0.15, 0.2) is 0 Å². The molecular weight excluding hydrogens is 827 g/mol. The van der Waals surface area contributed by atoms with E-state index in [1.165, 1.54) is 167 Å². The Morgan fingerprint density at radius 1 is 0.429 bits per heavy atom. The summed E-state index contributed by atoms with van der Waals surface area (Å²) in [6, 6.07) is 0. The molecule has 1 rings (SSSR count). The maximum atomic E-state index is 12.8. The monoisotopic (exact) mass is 923 g/mol. The lowest BCUT2D eigenvalue weighted by molar-refractivity contribution is -0.220. The molecule has 0 aromatic rings. The van der Waals surface area contributed by atoms with Gasteiger partial charge in [-0.05, 0) is 12.8 Å². The van der Waals surface area contributed by atoms with Crippen LogP contribution in [0.2, 0.25) is 0 Å². The van der Waals surface area contributed by atoms with Crippen LogP contribution in [0.4, 0.5) is 0 Å². The van der Waals surface area contributed by atoms with E-state index in [1.807, 2.05) is 0 Å². The average molecular weight is 923 g/mol. The van der Waals surface area contributed by atoms with Crippen molar-refractivity contribution in [3.63, 3.8) is 0 Å². The van der Waals surface area contributed by atoms with Crippen molar-refractivity contribution in [3.8, 4) is 0 Å². The molecule has 63 heavy (non-hydrogen) atoms. The number of carbonyl (C=O) groups is 2. The number of phosphoric ester groups is 1. The van der Waals surface area contributed by atoms with Crippen LogP contribution in [0.1, 0.15) is 245 Å². The van der Waals surface area contributed by atoms with Gasteiger partial charge in [-0.15, -0.1) is 0 Å². The molecule has 1 fully saturated rings. The number of aliphatic hydroxyl groups excluding tert-OH is 5. The molecular formula is C49H95O13P. The second-order valence-electron chi connectivity index (χ2n) is 18.4. The lowest BCUT2D eigenvalue weighted by atomic mass is 9.85. The van der Waals surface area contributed by atoms with Gasteiger partial charge in [-0.2, -0.15) is 0 Å². The van der Waals surface area contributed by atoms with E-state index < -0.39 is 75.7 Å². The fraction of sp³-hybridized carbons (Fsp3) is 0.959. The van der Waals surface area contributed by atoms with Crippen LogP contribution >= 0.6 is 7.82 Å². The van der Waals surface area contributed by atoms with Crippen molar-refractivity contribution in [2.45, 2.75) is 288 Å². The summed E-state index contributed by atoms with van der Waals surface area (Å²) in [5.41, 5.74) is 0. The number of carbonyl (C=O) groups excluding carboxylic acids is 2. The highest BCUT2D eigenvalue weighted by Gasteiger charge is 2.51. The van der Waals surface area contributed by atoms with Gasteiger partial charge in [0.25, 0.3) is 0 Å². The molecule has 0 amide bonds. The predicted octanol–water partition coefficient (Wildman–Crippen LogP) is 10.8. The van der Waals surface area contributed by atoms with E-state index in [9.17, 15) is 44.6 Å². The fourth-order valence-corrected chi connectivity index (χ4v) is 9.26. The van der Waals surface area contributed by atoms with Gasteiger partial charge in [0.1, 0.15) is 43.2 Å². The zero-order chi connectivity index (χ0) is 46.4. The quantitative estimate of drug-likeness (QED) is 0.0191. The minimum absolute atomic E-state index is 0.105. The number of esters is 2. The van der Waals surface area contributed by atoms with E-state index in [0.29, 0.717) is 12.8 Å². The first kappa shape index (κ1) is 59.9. The summed E-state index contributed by atoms with van der Waals surface area (Å²) in [6.07, 6.45) is 28.6. The second-order valence-corrected chi connectivity index (χ2v) is 19.8. The van der Waals surface area contributed by atoms with Gasteiger partial charge in [-0.3, -0.25) is 18.6 Å². The molecule has 1 saturated carbocycles. The molecule has 0 aliphatic heterocycles. The number of unbranched alkanes of at least 4 members (excludes halogenated alkanes) is 32. The Balaban J connectivity index is 2.38. The summed E-state index contributed by atoms with van der Waals surface area (Å²) >= 11 is 0. The molecule has 0 heterocycles. The average Bonchev–Trinajstić information content (AvgIpc) is 3.26. The van der Waals surface area contributed by atoms with Crippen LogP contribution in [-0.4, -0.2) is 98.3 Å². The zero-order valence-electron chi connectivity index (χ0n) is 39.9. The van der Waals surface area contributed by atoms with Gasteiger partial charge in [0.05, 0.1) is 6.61 Å². The number of ether oxygens (including phenoxy) is 2. The van der Waals surface area contributed by atoms with Crippen molar-refractivity contribution >= 4 is 19.8 Å². The molecule has 0 bridgehead atoms. The van der Waals surface area contributed by atoms with E-state index in [2.05, 4.69) is 13.8 Å². The second kappa shape index (κ2) is 40.0. The van der Waals surface area contributed by atoms with E-state index in [0.717, 1.165) is 38.5 Å². The Morgan fingerprint density at radius 2 is 0.714 bits per heavy atom. The van der Waals surface area contributed by atoms with Crippen LogP contribution in [0.25, 0.3) is 0 Å². The van der Waals surface area contributed by atoms with Crippen LogP contribution in [0.5, 0.6) is 0 Å². The summed E-state index contributed by atoms with van der Waals surface area (Å²) in [6.45, 7) is 3.35. The summed E-state index contributed by atoms with van der Waals surface area (Å²) < 4.78 is 33.6. The molecule has 6 unspecified atom stereocenters. The van der Waals surface area contributed by atoms with Gasteiger partial charge < -0.3 is 39.9 Å². The van der Waals surface area contributed by atoms with Crippen LogP contribution in [0, 0.1) is 0 Å². The first-order valence-electron chi connectivity index (χ1n) is 25.8. The largest absolute Gasteiger partial charge is 0.472 e. The highest BCUT2D eigenvalue weighted by atomic mass is 31.2. The molecule has 8 atom stereocenters. The molecule has 0 radical (unpaired) electrons.